The van der Waals surface area contributed by atoms with Crippen LogP contribution in [0.1, 0.15) is 32.6 Å². The number of carbonyl (C=O) groups excluding carboxylic acids is 1. The molecule has 1 saturated carbocycles. The van der Waals surface area contributed by atoms with Crippen LogP contribution >= 0.6 is 11.6 Å². The van der Waals surface area contributed by atoms with Crippen LogP contribution in [0.2, 0.25) is 5.02 Å². The van der Waals surface area contributed by atoms with Crippen molar-refractivity contribution in [2.45, 2.75) is 38.7 Å². The van der Waals surface area contributed by atoms with Crippen LogP contribution < -0.4 is 5.32 Å². The highest BCUT2D eigenvalue weighted by Gasteiger charge is 2.25. The first kappa shape index (κ1) is 15.6. The number of amides is 1. The van der Waals surface area contributed by atoms with Crippen molar-refractivity contribution in [2.24, 2.45) is 5.92 Å². The Bertz CT molecular complexity index is 550. The molecule has 1 aromatic carbocycles. The lowest BCUT2D eigenvalue weighted by Crippen LogP contribution is -2.30. The molecule has 114 valence electrons. The Morgan fingerprint density at radius 2 is 2.14 bits per heavy atom. The molecule has 0 radical (unpaired) electrons. The molecule has 0 aliphatic heterocycles. The summed E-state index contributed by atoms with van der Waals surface area (Å²) < 4.78 is 5.40. The molecule has 6 nitrogen and oxygen atoms in total. The minimum Gasteiger partial charge on any atom is -0.446 e. The topological polar surface area (TPSA) is 81.5 Å². The van der Waals surface area contributed by atoms with E-state index in [0.717, 1.165) is 25.7 Å². The number of nitro benzene ring substituents is 1. The minimum atomic E-state index is -0.579. The van der Waals surface area contributed by atoms with E-state index in [1.54, 1.807) is 0 Å². The summed E-state index contributed by atoms with van der Waals surface area (Å²) in [4.78, 5) is 21.9. The van der Waals surface area contributed by atoms with E-state index in [4.69, 9.17) is 16.3 Å². The van der Waals surface area contributed by atoms with Gasteiger partial charge in [-0.15, -0.1) is 0 Å². The number of nitro groups is 1. The number of ether oxygens (including phenoxy) is 1. The number of rotatable bonds is 3. The number of carbonyl (C=O) groups is 1. The van der Waals surface area contributed by atoms with Gasteiger partial charge in [-0.2, -0.15) is 0 Å². The summed E-state index contributed by atoms with van der Waals surface area (Å²) in [5.74, 6) is 0.344. The molecule has 0 saturated heterocycles. The highest BCUT2D eigenvalue weighted by molar-refractivity contribution is 6.33. The predicted molar refractivity (Wildman–Crippen MR) is 79.6 cm³/mol. The normalized spacial score (nSPS) is 21.6. The number of nitrogens with zero attached hydrogens (tertiary/aromatic N) is 1. The molecule has 2 rings (SSSR count). The second kappa shape index (κ2) is 6.76. The molecule has 0 aromatic heterocycles. The number of non-ortho nitro benzene ring substituents is 1. The number of hydrogen-bond acceptors (Lipinski definition) is 4. The van der Waals surface area contributed by atoms with Gasteiger partial charge >= 0.3 is 6.09 Å². The quantitative estimate of drug-likeness (QED) is 0.663. The molecular formula is C14H17ClN2O4. The average Bonchev–Trinajstić information content (AvgIpc) is 2.43. The maximum atomic E-state index is 11.9. The molecule has 0 spiro atoms. The van der Waals surface area contributed by atoms with E-state index in [1.165, 1.54) is 18.2 Å². The fourth-order valence-electron chi connectivity index (χ4n) is 2.45. The molecule has 21 heavy (non-hydrogen) atoms. The number of anilines is 1. The van der Waals surface area contributed by atoms with Crippen molar-refractivity contribution in [3.8, 4) is 0 Å². The second-order valence-corrected chi connectivity index (χ2v) is 5.66. The highest BCUT2D eigenvalue weighted by atomic mass is 35.5. The summed E-state index contributed by atoms with van der Waals surface area (Å²) in [7, 11) is 0. The minimum absolute atomic E-state index is 0.0874. The summed E-state index contributed by atoms with van der Waals surface area (Å²) in [5.41, 5.74) is 0.176. The van der Waals surface area contributed by atoms with E-state index in [-0.39, 0.29) is 16.8 Å². The smallest absolute Gasteiger partial charge is 0.411 e. The van der Waals surface area contributed by atoms with Gasteiger partial charge in [0.2, 0.25) is 0 Å². The number of benzene rings is 1. The number of halogens is 1. The van der Waals surface area contributed by atoms with Crippen LogP contribution in [-0.4, -0.2) is 17.1 Å². The molecule has 0 unspecified atom stereocenters. The molecule has 0 bridgehead atoms. The van der Waals surface area contributed by atoms with Crippen LogP contribution in [0.15, 0.2) is 18.2 Å². The maximum absolute atomic E-state index is 11.9. The summed E-state index contributed by atoms with van der Waals surface area (Å²) in [5, 5.41) is 13.3. The maximum Gasteiger partial charge on any atom is 0.411 e. The van der Waals surface area contributed by atoms with Crippen LogP contribution in [0, 0.1) is 16.0 Å². The Morgan fingerprint density at radius 3 is 2.76 bits per heavy atom. The molecule has 1 aliphatic carbocycles. The van der Waals surface area contributed by atoms with Gasteiger partial charge in [-0.3, -0.25) is 15.4 Å². The van der Waals surface area contributed by atoms with E-state index < -0.39 is 11.0 Å². The van der Waals surface area contributed by atoms with Gasteiger partial charge in [-0.25, -0.2) is 4.79 Å². The van der Waals surface area contributed by atoms with Crippen molar-refractivity contribution in [1.82, 2.24) is 0 Å². The van der Waals surface area contributed by atoms with E-state index in [2.05, 4.69) is 12.2 Å². The monoisotopic (exact) mass is 312 g/mol. The zero-order valence-corrected chi connectivity index (χ0v) is 12.4. The third-order valence-corrected chi connectivity index (χ3v) is 4.00. The first-order valence-corrected chi connectivity index (χ1v) is 7.26. The Labute approximate surface area is 127 Å². The summed E-state index contributed by atoms with van der Waals surface area (Å²) in [6.45, 7) is 2.07. The van der Waals surface area contributed by atoms with Crippen LogP contribution in [-0.2, 0) is 4.74 Å². The Balaban J connectivity index is 1.97. The van der Waals surface area contributed by atoms with Gasteiger partial charge in [0, 0.05) is 12.1 Å². The molecule has 1 N–H and O–H groups in total. The molecule has 2 atom stereocenters. The lowest BCUT2D eigenvalue weighted by molar-refractivity contribution is -0.384. The fraction of sp³-hybridized carbons (Fsp3) is 0.500. The van der Waals surface area contributed by atoms with Gasteiger partial charge in [0.1, 0.15) is 6.10 Å². The van der Waals surface area contributed by atoms with Crippen molar-refractivity contribution < 1.29 is 14.5 Å². The summed E-state index contributed by atoms with van der Waals surface area (Å²) in [6, 6.07) is 3.87. The van der Waals surface area contributed by atoms with E-state index in [9.17, 15) is 14.9 Å². The fourth-order valence-corrected chi connectivity index (χ4v) is 2.68. The third kappa shape index (κ3) is 4.07. The molecule has 0 heterocycles. The third-order valence-electron chi connectivity index (χ3n) is 3.69. The van der Waals surface area contributed by atoms with Gasteiger partial charge in [-0.1, -0.05) is 24.9 Å². The Hall–Kier alpha value is -1.82. The first-order chi connectivity index (χ1) is 9.97. The summed E-state index contributed by atoms with van der Waals surface area (Å²) >= 11 is 5.91. The van der Waals surface area contributed by atoms with Gasteiger partial charge < -0.3 is 4.74 Å². The van der Waals surface area contributed by atoms with E-state index in [1.807, 2.05) is 0 Å². The van der Waals surface area contributed by atoms with Crippen molar-refractivity contribution in [1.29, 1.82) is 0 Å². The lowest BCUT2D eigenvalue weighted by atomic mass is 9.88. The van der Waals surface area contributed by atoms with Crippen LogP contribution in [0.4, 0.5) is 16.2 Å². The van der Waals surface area contributed by atoms with Crippen molar-refractivity contribution in [3.63, 3.8) is 0 Å². The second-order valence-electron chi connectivity index (χ2n) is 5.25. The van der Waals surface area contributed by atoms with Gasteiger partial charge in [0.05, 0.1) is 15.6 Å². The highest BCUT2D eigenvalue weighted by Crippen LogP contribution is 2.29. The zero-order chi connectivity index (χ0) is 15.4. The van der Waals surface area contributed by atoms with Crippen LogP contribution in [0.25, 0.3) is 0 Å². The van der Waals surface area contributed by atoms with Crippen molar-refractivity contribution >= 4 is 29.1 Å². The molecular weight excluding hydrogens is 296 g/mol. The van der Waals surface area contributed by atoms with Crippen LogP contribution in [0.3, 0.4) is 0 Å². The van der Waals surface area contributed by atoms with E-state index >= 15 is 0 Å². The zero-order valence-electron chi connectivity index (χ0n) is 11.7. The molecule has 1 amide bonds. The SMILES string of the molecule is C[C@@H]1CCCC[C@H]1OC(=O)Nc1ccc([N+](=O)[O-])cc1Cl. The Kier molecular flexibility index (Phi) is 5.01. The largest absolute Gasteiger partial charge is 0.446 e. The summed E-state index contributed by atoms with van der Waals surface area (Å²) in [6.07, 6.45) is 3.47. The molecule has 1 fully saturated rings. The lowest BCUT2D eigenvalue weighted by Gasteiger charge is -2.28. The first-order valence-electron chi connectivity index (χ1n) is 6.89. The predicted octanol–water partition coefficient (Wildman–Crippen LogP) is 4.38. The van der Waals surface area contributed by atoms with Gasteiger partial charge in [0.15, 0.2) is 0 Å². The molecule has 1 aromatic rings. The van der Waals surface area contributed by atoms with Crippen LogP contribution in [0.5, 0.6) is 0 Å². The number of nitrogens with one attached hydrogen (secondary N) is 1. The standard InChI is InChI=1S/C14H17ClN2O4/c1-9-4-2-3-5-13(9)21-14(18)16-12-7-6-10(17(19)20)8-11(12)15/h6-9,13H,2-5H2,1H3,(H,16,18)/t9-,13-/m1/s1. The molecule has 1 aliphatic rings. The van der Waals surface area contributed by atoms with Gasteiger partial charge in [0.25, 0.3) is 5.69 Å². The molecule has 7 heteroatoms. The van der Waals surface area contributed by atoms with Crippen molar-refractivity contribution in [2.75, 3.05) is 5.32 Å². The van der Waals surface area contributed by atoms with E-state index in [0.29, 0.717) is 11.6 Å². The number of hydrogen-bond donors (Lipinski definition) is 1. The van der Waals surface area contributed by atoms with Crippen molar-refractivity contribution in [3.05, 3.63) is 33.3 Å². The van der Waals surface area contributed by atoms with Gasteiger partial charge in [-0.05, 0) is 31.2 Å². The Morgan fingerprint density at radius 1 is 1.43 bits per heavy atom. The average molecular weight is 313 g/mol.